The lowest BCUT2D eigenvalue weighted by atomic mass is 10.2. The van der Waals surface area contributed by atoms with Crippen molar-refractivity contribution in [3.63, 3.8) is 0 Å². The summed E-state index contributed by atoms with van der Waals surface area (Å²) >= 11 is 11.6. The number of aromatic nitrogens is 2. The minimum absolute atomic E-state index is 0.00959. The van der Waals surface area contributed by atoms with E-state index in [9.17, 15) is 13.6 Å². The molecule has 0 bridgehead atoms. The molecule has 0 radical (unpaired) electrons. The molecule has 1 N–H and O–H groups in total. The van der Waals surface area contributed by atoms with E-state index in [2.05, 4.69) is 10.4 Å². The van der Waals surface area contributed by atoms with E-state index >= 15 is 0 Å². The number of nitrogens with one attached hydrogen (secondary N) is 1. The van der Waals surface area contributed by atoms with Gasteiger partial charge in [-0.05, 0) is 11.6 Å². The van der Waals surface area contributed by atoms with E-state index in [0.717, 1.165) is 6.07 Å². The zero-order valence-electron chi connectivity index (χ0n) is 11.0. The highest BCUT2D eigenvalue weighted by Gasteiger charge is 2.14. The molecule has 1 aromatic carbocycles. The van der Waals surface area contributed by atoms with E-state index < -0.39 is 11.6 Å². The fraction of sp³-hybridized carbons (Fsp3) is 0.231. The summed E-state index contributed by atoms with van der Waals surface area (Å²) in [6, 6.07) is 2.28. The molecule has 4 nitrogen and oxygen atoms in total. The van der Waals surface area contributed by atoms with Crippen molar-refractivity contribution >= 4 is 29.1 Å². The van der Waals surface area contributed by atoms with Crippen molar-refractivity contribution in [2.75, 3.05) is 0 Å². The SMILES string of the molecule is Cn1ncc(Cl)c1CC(=O)NCc1ccc(F)c(F)c1Cl. The first kappa shape index (κ1) is 15.7. The zero-order valence-corrected chi connectivity index (χ0v) is 12.5. The van der Waals surface area contributed by atoms with Crippen LogP contribution in [0.1, 0.15) is 11.3 Å². The predicted molar refractivity (Wildman–Crippen MR) is 75.1 cm³/mol. The van der Waals surface area contributed by atoms with Crippen LogP contribution in [0, 0.1) is 11.6 Å². The number of amides is 1. The minimum atomic E-state index is -1.13. The first-order valence-electron chi connectivity index (χ1n) is 5.95. The second kappa shape index (κ2) is 6.41. The Balaban J connectivity index is 2.01. The smallest absolute Gasteiger partial charge is 0.226 e. The van der Waals surface area contributed by atoms with E-state index in [1.165, 1.54) is 16.9 Å². The van der Waals surface area contributed by atoms with Gasteiger partial charge in [0.05, 0.1) is 28.4 Å². The number of aryl methyl sites for hydroxylation is 1. The van der Waals surface area contributed by atoms with Gasteiger partial charge in [0.15, 0.2) is 11.6 Å². The fourth-order valence-electron chi connectivity index (χ4n) is 1.75. The van der Waals surface area contributed by atoms with E-state index in [1.54, 1.807) is 7.05 Å². The molecule has 2 aromatic rings. The Morgan fingerprint density at radius 2 is 2.10 bits per heavy atom. The van der Waals surface area contributed by atoms with Crippen LogP contribution < -0.4 is 5.32 Å². The fourth-order valence-corrected chi connectivity index (χ4v) is 2.20. The van der Waals surface area contributed by atoms with Crippen molar-refractivity contribution in [1.82, 2.24) is 15.1 Å². The number of carbonyl (C=O) groups excluding carboxylic acids is 1. The number of benzene rings is 1. The minimum Gasteiger partial charge on any atom is -0.352 e. The number of carbonyl (C=O) groups is 1. The zero-order chi connectivity index (χ0) is 15.6. The van der Waals surface area contributed by atoms with Gasteiger partial charge in [-0.1, -0.05) is 29.3 Å². The summed E-state index contributed by atoms with van der Waals surface area (Å²) in [7, 11) is 1.67. The molecule has 1 amide bonds. The molecule has 1 aromatic heterocycles. The number of halogens is 4. The second-order valence-electron chi connectivity index (χ2n) is 4.35. The van der Waals surface area contributed by atoms with Crippen LogP contribution in [0.25, 0.3) is 0 Å². The van der Waals surface area contributed by atoms with Crippen LogP contribution in [0.5, 0.6) is 0 Å². The Hall–Kier alpha value is -1.66. The molecular formula is C13H11Cl2F2N3O. The first-order chi connectivity index (χ1) is 9.90. The van der Waals surface area contributed by atoms with Crippen LogP contribution in [-0.4, -0.2) is 15.7 Å². The van der Waals surface area contributed by atoms with Crippen LogP contribution in [0.15, 0.2) is 18.3 Å². The topological polar surface area (TPSA) is 46.9 Å². The molecule has 0 aliphatic heterocycles. The lowest BCUT2D eigenvalue weighted by Gasteiger charge is -2.08. The maximum absolute atomic E-state index is 13.3. The van der Waals surface area contributed by atoms with E-state index in [0.29, 0.717) is 16.3 Å². The lowest BCUT2D eigenvalue weighted by molar-refractivity contribution is -0.120. The largest absolute Gasteiger partial charge is 0.352 e. The molecule has 0 aliphatic rings. The van der Waals surface area contributed by atoms with Crippen LogP contribution >= 0.6 is 23.2 Å². The Bertz CT molecular complexity index is 669. The molecule has 112 valence electrons. The van der Waals surface area contributed by atoms with Gasteiger partial charge in [-0.25, -0.2) is 8.78 Å². The van der Waals surface area contributed by atoms with Crippen molar-refractivity contribution in [3.05, 3.63) is 51.3 Å². The van der Waals surface area contributed by atoms with Crippen molar-refractivity contribution in [1.29, 1.82) is 0 Å². The molecule has 1 heterocycles. The van der Waals surface area contributed by atoms with E-state index in [4.69, 9.17) is 23.2 Å². The number of nitrogens with zero attached hydrogens (tertiary/aromatic N) is 2. The highest BCUT2D eigenvalue weighted by Crippen LogP contribution is 2.22. The van der Waals surface area contributed by atoms with Crippen LogP contribution in [0.3, 0.4) is 0 Å². The number of hydrogen-bond acceptors (Lipinski definition) is 2. The van der Waals surface area contributed by atoms with Crippen molar-refractivity contribution in [3.8, 4) is 0 Å². The van der Waals surface area contributed by atoms with Gasteiger partial charge in [-0.15, -0.1) is 0 Å². The molecule has 0 atom stereocenters. The standard InChI is InChI=1S/C13H11Cl2F2N3O/c1-20-10(8(14)6-19-20)4-11(21)18-5-7-2-3-9(16)13(17)12(7)15/h2-3,6H,4-5H2,1H3,(H,18,21). The Labute approximate surface area is 129 Å². The Morgan fingerprint density at radius 1 is 1.38 bits per heavy atom. The third-order valence-electron chi connectivity index (χ3n) is 2.93. The van der Waals surface area contributed by atoms with Crippen molar-refractivity contribution in [2.24, 2.45) is 7.05 Å². The molecular weight excluding hydrogens is 323 g/mol. The van der Waals surface area contributed by atoms with Gasteiger partial charge >= 0.3 is 0 Å². The maximum Gasteiger partial charge on any atom is 0.226 e. The Morgan fingerprint density at radius 3 is 2.71 bits per heavy atom. The van der Waals surface area contributed by atoms with Gasteiger partial charge in [-0.2, -0.15) is 5.10 Å². The quantitative estimate of drug-likeness (QED) is 0.874. The molecule has 0 saturated carbocycles. The molecule has 0 saturated heterocycles. The highest BCUT2D eigenvalue weighted by atomic mass is 35.5. The van der Waals surface area contributed by atoms with Crippen molar-refractivity contribution in [2.45, 2.75) is 13.0 Å². The molecule has 0 unspecified atom stereocenters. The van der Waals surface area contributed by atoms with Gasteiger partial charge < -0.3 is 5.32 Å². The average molecular weight is 334 g/mol. The highest BCUT2D eigenvalue weighted by molar-refractivity contribution is 6.31. The summed E-state index contributed by atoms with van der Waals surface area (Å²) < 4.78 is 27.7. The maximum atomic E-state index is 13.3. The van der Waals surface area contributed by atoms with Crippen LogP contribution in [-0.2, 0) is 24.8 Å². The van der Waals surface area contributed by atoms with Gasteiger partial charge in [0.2, 0.25) is 5.91 Å². The third kappa shape index (κ3) is 3.51. The molecule has 2 rings (SSSR count). The van der Waals surface area contributed by atoms with Crippen LogP contribution in [0.4, 0.5) is 8.78 Å². The summed E-state index contributed by atoms with van der Waals surface area (Å²) in [4.78, 5) is 11.8. The predicted octanol–water partition coefficient (Wildman–Crippen LogP) is 2.86. The summed E-state index contributed by atoms with van der Waals surface area (Å²) in [5.41, 5.74) is 0.852. The van der Waals surface area contributed by atoms with Gasteiger partial charge in [0.25, 0.3) is 0 Å². The monoisotopic (exact) mass is 333 g/mol. The van der Waals surface area contributed by atoms with Gasteiger partial charge in [0, 0.05) is 13.6 Å². The first-order valence-corrected chi connectivity index (χ1v) is 6.71. The Kier molecular flexibility index (Phi) is 4.80. The molecule has 8 heteroatoms. The summed E-state index contributed by atoms with van der Waals surface area (Å²) in [6.07, 6.45) is 1.47. The summed E-state index contributed by atoms with van der Waals surface area (Å²) in [6.45, 7) is -0.00959. The number of rotatable bonds is 4. The van der Waals surface area contributed by atoms with Crippen molar-refractivity contribution < 1.29 is 13.6 Å². The molecule has 0 spiro atoms. The molecule has 0 aliphatic carbocycles. The second-order valence-corrected chi connectivity index (χ2v) is 5.14. The average Bonchev–Trinajstić information content (AvgIpc) is 2.76. The lowest BCUT2D eigenvalue weighted by Crippen LogP contribution is -2.25. The molecule has 21 heavy (non-hydrogen) atoms. The molecule has 0 fully saturated rings. The normalized spacial score (nSPS) is 10.7. The van der Waals surface area contributed by atoms with E-state index in [1.807, 2.05) is 0 Å². The number of hydrogen-bond donors (Lipinski definition) is 1. The van der Waals surface area contributed by atoms with E-state index in [-0.39, 0.29) is 23.9 Å². The third-order valence-corrected chi connectivity index (χ3v) is 3.65. The summed E-state index contributed by atoms with van der Waals surface area (Å²) in [5.74, 6) is -2.49. The van der Waals surface area contributed by atoms with Gasteiger partial charge in [0.1, 0.15) is 0 Å². The summed E-state index contributed by atoms with van der Waals surface area (Å²) in [5, 5.41) is 6.53. The van der Waals surface area contributed by atoms with Gasteiger partial charge in [-0.3, -0.25) is 9.48 Å². The van der Waals surface area contributed by atoms with Crippen LogP contribution in [0.2, 0.25) is 10.0 Å².